The quantitative estimate of drug-likeness (QED) is 0.610. The van der Waals surface area contributed by atoms with Gasteiger partial charge in [-0.3, -0.25) is 0 Å². The number of aryl methyl sites for hydroxylation is 1. The molecule has 0 bridgehead atoms. The monoisotopic (exact) mass is 191 g/mol. The van der Waals surface area contributed by atoms with Crippen molar-refractivity contribution < 1.29 is 5.11 Å². The van der Waals surface area contributed by atoms with Crippen LogP contribution in [-0.4, -0.2) is 0 Å². The SMILES string of the molecule is CCCCCCc1cccc(C[O])c1. The van der Waals surface area contributed by atoms with Crippen LogP contribution in [0.1, 0.15) is 43.7 Å². The summed E-state index contributed by atoms with van der Waals surface area (Å²) in [7, 11) is 0. The fourth-order valence-corrected chi connectivity index (χ4v) is 1.63. The number of unbranched alkanes of at least 4 members (excludes halogenated alkanes) is 3. The van der Waals surface area contributed by atoms with Gasteiger partial charge in [0.15, 0.2) is 0 Å². The second-order valence-corrected chi connectivity index (χ2v) is 3.77. The van der Waals surface area contributed by atoms with Gasteiger partial charge in [0.1, 0.15) is 6.61 Å². The summed E-state index contributed by atoms with van der Waals surface area (Å²) < 4.78 is 0. The molecule has 1 radical (unpaired) electrons. The maximum absolute atomic E-state index is 10.7. The second kappa shape index (κ2) is 6.61. The minimum absolute atomic E-state index is 0.0944. The molecule has 0 saturated heterocycles. The van der Waals surface area contributed by atoms with Crippen molar-refractivity contribution >= 4 is 0 Å². The lowest BCUT2D eigenvalue weighted by Gasteiger charge is -2.02. The van der Waals surface area contributed by atoms with E-state index in [2.05, 4.69) is 13.0 Å². The second-order valence-electron chi connectivity index (χ2n) is 3.77. The molecule has 0 heterocycles. The highest BCUT2D eigenvalue weighted by Crippen LogP contribution is 2.10. The van der Waals surface area contributed by atoms with Gasteiger partial charge in [-0.1, -0.05) is 50.5 Å². The van der Waals surface area contributed by atoms with Crippen molar-refractivity contribution in [3.63, 3.8) is 0 Å². The van der Waals surface area contributed by atoms with E-state index >= 15 is 0 Å². The van der Waals surface area contributed by atoms with Crippen LogP contribution in [0, 0.1) is 0 Å². The molecule has 1 heteroatoms. The Balaban J connectivity index is 2.34. The number of benzene rings is 1. The summed E-state index contributed by atoms with van der Waals surface area (Å²) >= 11 is 0. The molecule has 0 fully saturated rings. The number of hydrogen-bond donors (Lipinski definition) is 0. The van der Waals surface area contributed by atoms with Gasteiger partial charge in [-0.2, -0.15) is 0 Å². The summed E-state index contributed by atoms with van der Waals surface area (Å²) in [4.78, 5) is 0. The van der Waals surface area contributed by atoms with Crippen LogP contribution < -0.4 is 0 Å². The number of hydrogen-bond acceptors (Lipinski definition) is 0. The van der Waals surface area contributed by atoms with Crippen LogP contribution in [0.15, 0.2) is 24.3 Å². The molecule has 0 aliphatic rings. The molecule has 0 atom stereocenters. The molecule has 77 valence electrons. The Morgan fingerprint density at radius 3 is 2.57 bits per heavy atom. The van der Waals surface area contributed by atoms with Gasteiger partial charge >= 0.3 is 0 Å². The van der Waals surface area contributed by atoms with E-state index in [1.54, 1.807) is 0 Å². The first-order chi connectivity index (χ1) is 6.86. The van der Waals surface area contributed by atoms with Gasteiger partial charge in [0, 0.05) is 0 Å². The molecule has 0 N–H and O–H groups in total. The zero-order valence-corrected chi connectivity index (χ0v) is 8.96. The maximum Gasteiger partial charge on any atom is 0.107 e. The first-order valence-electron chi connectivity index (χ1n) is 5.52. The molecular formula is C13H19O. The Morgan fingerprint density at radius 1 is 1.07 bits per heavy atom. The van der Waals surface area contributed by atoms with Gasteiger partial charge < -0.3 is 0 Å². The number of rotatable bonds is 6. The van der Waals surface area contributed by atoms with E-state index < -0.39 is 0 Å². The Bertz CT molecular complexity index is 255. The predicted molar refractivity (Wildman–Crippen MR) is 58.7 cm³/mol. The van der Waals surface area contributed by atoms with E-state index in [4.69, 9.17) is 0 Å². The van der Waals surface area contributed by atoms with Crippen molar-refractivity contribution in [1.29, 1.82) is 0 Å². The molecule has 0 amide bonds. The molecule has 1 aromatic carbocycles. The summed E-state index contributed by atoms with van der Waals surface area (Å²) in [6, 6.07) is 8.05. The van der Waals surface area contributed by atoms with Crippen LogP contribution in [0.5, 0.6) is 0 Å². The lowest BCUT2D eigenvalue weighted by Crippen LogP contribution is -1.88. The van der Waals surface area contributed by atoms with Crippen molar-refractivity contribution in [2.45, 2.75) is 45.6 Å². The summed E-state index contributed by atoms with van der Waals surface area (Å²) in [5.41, 5.74) is 2.23. The third kappa shape index (κ3) is 3.93. The molecule has 1 aromatic rings. The molecule has 1 nitrogen and oxygen atoms in total. The van der Waals surface area contributed by atoms with Crippen LogP contribution in [0.25, 0.3) is 0 Å². The smallest absolute Gasteiger partial charge is 0.107 e. The summed E-state index contributed by atoms with van der Waals surface area (Å²) in [6.45, 7) is 2.13. The minimum atomic E-state index is -0.0944. The molecule has 0 aliphatic heterocycles. The molecule has 0 aliphatic carbocycles. The zero-order chi connectivity index (χ0) is 10.2. The van der Waals surface area contributed by atoms with Gasteiger partial charge in [-0.05, 0) is 24.0 Å². The molecule has 0 saturated carbocycles. The third-order valence-corrected chi connectivity index (χ3v) is 2.48. The van der Waals surface area contributed by atoms with E-state index in [0.29, 0.717) is 0 Å². The molecule has 14 heavy (non-hydrogen) atoms. The topological polar surface area (TPSA) is 19.9 Å². The Morgan fingerprint density at radius 2 is 1.86 bits per heavy atom. The summed E-state index contributed by atoms with van der Waals surface area (Å²) in [5.74, 6) is 0. The van der Waals surface area contributed by atoms with Crippen LogP contribution >= 0.6 is 0 Å². The van der Waals surface area contributed by atoms with Gasteiger partial charge in [0.25, 0.3) is 0 Å². The van der Waals surface area contributed by atoms with Crippen LogP contribution in [0.4, 0.5) is 0 Å². The normalized spacial score (nSPS) is 10.4. The largest absolute Gasteiger partial charge is 0.232 e. The van der Waals surface area contributed by atoms with E-state index in [1.165, 1.54) is 31.2 Å². The lowest BCUT2D eigenvalue weighted by molar-refractivity contribution is 0.177. The Kier molecular flexibility index (Phi) is 5.31. The van der Waals surface area contributed by atoms with Crippen molar-refractivity contribution in [3.05, 3.63) is 35.4 Å². The summed E-state index contributed by atoms with van der Waals surface area (Å²) in [5, 5.41) is 10.7. The molecule has 0 unspecified atom stereocenters. The predicted octanol–water partition coefficient (Wildman–Crippen LogP) is 3.74. The fraction of sp³-hybridized carbons (Fsp3) is 0.538. The van der Waals surface area contributed by atoms with E-state index in [1.807, 2.05) is 18.2 Å². The third-order valence-electron chi connectivity index (χ3n) is 2.48. The van der Waals surface area contributed by atoms with E-state index in [9.17, 15) is 5.11 Å². The summed E-state index contributed by atoms with van der Waals surface area (Å²) in [6.07, 6.45) is 6.27. The van der Waals surface area contributed by atoms with Crippen molar-refractivity contribution in [2.75, 3.05) is 0 Å². The Labute approximate surface area is 86.8 Å². The van der Waals surface area contributed by atoms with Gasteiger partial charge in [0.05, 0.1) is 0 Å². The van der Waals surface area contributed by atoms with E-state index in [-0.39, 0.29) is 6.61 Å². The highest BCUT2D eigenvalue weighted by atomic mass is 16.3. The molecular weight excluding hydrogens is 172 g/mol. The van der Waals surface area contributed by atoms with Gasteiger partial charge in [0.2, 0.25) is 0 Å². The van der Waals surface area contributed by atoms with Crippen LogP contribution in [-0.2, 0) is 18.1 Å². The first kappa shape index (κ1) is 11.3. The highest BCUT2D eigenvalue weighted by Gasteiger charge is 1.95. The van der Waals surface area contributed by atoms with Gasteiger partial charge in [-0.15, -0.1) is 0 Å². The molecule has 1 rings (SSSR count). The minimum Gasteiger partial charge on any atom is -0.232 e. The van der Waals surface area contributed by atoms with Crippen molar-refractivity contribution in [2.24, 2.45) is 0 Å². The molecule has 0 spiro atoms. The van der Waals surface area contributed by atoms with E-state index in [0.717, 1.165) is 12.0 Å². The highest BCUT2D eigenvalue weighted by molar-refractivity contribution is 5.22. The average molecular weight is 191 g/mol. The standard InChI is InChI=1S/C13H19O/c1-2-3-4-5-7-12-8-6-9-13(10-12)11-14/h6,8-10H,2-5,7,11H2,1H3. The van der Waals surface area contributed by atoms with Crippen molar-refractivity contribution in [1.82, 2.24) is 0 Å². The maximum atomic E-state index is 10.7. The molecule has 0 aromatic heterocycles. The first-order valence-corrected chi connectivity index (χ1v) is 5.52. The van der Waals surface area contributed by atoms with Crippen LogP contribution in [0.3, 0.4) is 0 Å². The fourth-order valence-electron chi connectivity index (χ4n) is 1.63. The van der Waals surface area contributed by atoms with Crippen LogP contribution in [0.2, 0.25) is 0 Å². The van der Waals surface area contributed by atoms with Gasteiger partial charge in [-0.25, -0.2) is 5.11 Å². The van der Waals surface area contributed by atoms with Crippen molar-refractivity contribution in [3.8, 4) is 0 Å². The Hall–Kier alpha value is -0.820. The lowest BCUT2D eigenvalue weighted by atomic mass is 10.0. The zero-order valence-electron chi connectivity index (χ0n) is 8.96. The average Bonchev–Trinajstić information content (AvgIpc) is 2.25.